The Hall–Kier alpha value is -0.800. The predicted molar refractivity (Wildman–Crippen MR) is 72.1 cm³/mol. The van der Waals surface area contributed by atoms with Crippen molar-refractivity contribution in [1.29, 1.82) is 0 Å². The van der Waals surface area contributed by atoms with Gasteiger partial charge in [0.25, 0.3) is 0 Å². The molecule has 2 nitrogen and oxygen atoms in total. The largest absolute Gasteiger partial charge is 0.494 e. The average molecular weight is 284 g/mol. The zero-order valence-electron chi connectivity index (χ0n) is 9.79. The third kappa shape index (κ3) is 4.37. The van der Waals surface area contributed by atoms with Gasteiger partial charge in [-0.25, -0.2) is 0 Å². The first-order chi connectivity index (χ1) is 7.63. The van der Waals surface area contributed by atoms with E-state index in [1.165, 1.54) is 5.56 Å². The van der Waals surface area contributed by atoms with Gasteiger partial charge in [0, 0.05) is 17.1 Å². The van der Waals surface area contributed by atoms with E-state index < -0.39 is 0 Å². The molecule has 88 valence electrons. The van der Waals surface area contributed by atoms with E-state index in [0.29, 0.717) is 12.6 Å². The van der Waals surface area contributed by atoms with E-state index >= 15 is 0 Å². The fourth-order valence-electron chi connectivity index (χ4n) is 1.40. The molecule has 1 atom stereocenters. The van der Waals surface area contributed by atoms with Crippen LogP contribution in [0.3, 0.4) is 0 Å². The zero-order chi connectivity index (χ0) is 12.0. The topological polar surface area (TPSA) is 21.3 Å². The molecular formula is C13H18BrNO. The molecule has 0 saturated carbocycles. The van der Waals surface area contributed by atoms with Crippen LogP contribution >= 0.6 is 15.9 Å². The van der Waals surface area contributed by atoms with Crippen LogP contribution in [-0.2, 0) is 0 Å². The lowest BCUT2D eigenvalue weighted by Gasteiger charge is -2.14. The van der Waals surface area contributed by atoms with E-state index in [2.05, 4.69) is 46.9 Å². The van der Waals surface area contributed by atoms with E-state index in [1.54, 1.807) is 0 Å². The van der Waals surface area contributed by atoms with E-state index in [1.807, 2.05) is 19.1 Å². The van der Waals surface area contributed by atoms with Crippen LogP contribution in [-0.4, -0.2) is 13.2 Å². The second-order valence-corrected chi connectivity index (χ2v) is 4.74. The molecule has 0 aliphatic heterocycles. The highest BCUT2D eigenvalue weighted by Gasteiger charge is 2.04. The van der Waals surface area contributed by atoms with Crippen molar-refractivity contribution < 1.29 is 4.74 Å². The maximum Gasteiger partial charge on any atom is 0.119 e. The van der Waals surface area contributed by atoms with Gasteiger partial charge in [0.15, 0.2) is 0 Å². The van der Waals surface area contributed by atoms with Gasteiger partial charge in [-0.1, -0.05) is 34.6 Å². The Kier molecular flexibility index (Phi) is 5.56. The highest BCUT2D eigenvalue weighted by molar-refractivity contribution is 9.11. The molecule has 0 spiro atoms. The molecule has 0 aliphatic carbocycles. The maximum atomic E-state index is 5.40. The summed E-state index contributed by atoms with van der Waals surface area (Å²) < 4.78 is 6.36. The van der Waals surface area contributed by atoms with Gasteiger partial charge in [-0.15, -0.1) is 0 Å². The van der Waals surface area contributed by atoms with Gasteiger partial charge in [-0.05, 0) is 31.5 Å². The predicted octanol–water partition coefficient (Wildman–Crippen LogP) is 3.64. The molecule has 1 unspecified atom stereocenters. The van der Waals surface area contributed by atoms with Crippen LogP contribution in [0.4, 0.5) is 0 Å². The lowest BCUT2D eigenvalue weighted by Crippen LogP contribution is -2.19. The third-order valence-corrected chi connectivity index (χ3v) is 2.57. The minimum Gasteiger partial charge on any atom is -0.494 e. The summed E-state index contributed by atoms with van der Waals surface area (Å²) in [5.41, 5.74) is 1.25. The number of hydrogen-bond donors (Lipinski definition) is 1. The van der Waals surface area contributed by atoms with Crippen LogP contribution in [0.1, 0.15) is 25.5 Å². The highest BCUT2D eigenvalue weighted by Crippen LogP contribution is 2.17. The molecule has 0 fully saturated rings. The first-order valence-corrected chi connectivity index (χ1v) is 6.22. The van der Waals surface area contributed by atoms with Gasteiger partial charge in [-0.3, -0.25) is 0 Å². The fraction of sp³-hybridized carbons (Fsp3) is 0.385. The molecule has 0 aliphatic rings. The third-order valence-electron chi connectivity index (χ3n) is 2.29. The summed E-state index contributed by atoms with van der Waals surface area (Å²) in [7, 11) is 0. The number of halogens is 1. The minimum absolute atomic E-state index is 0.310. The first-order valence-electron chi connectivity index (χ1n) is 5.43. The molecule has 0 aromatic heterocycles. The molecule has 1 aromatic carbocycles. The maximum absolute atomic E-state index is 5.40. The van der Waals surface area contributed by atoms with E-state index in [0.717, 1.165) is 16.8 Å². The van der Waals surface area contributed by atoms with E-state index in [-0.39, 0.29) is 0 Å². The molecule has 1 rings (SSSR count). The second-order valence-electron chi connectivity index (χ2n) is 3.62. The summed E-state index contributed by atoms with van der Waals surface area (Å²) in [5, 5.41) is 3.36. The number of nitrogens with one attached hydrogen (secondary N) is 1. The summed E-state index contributed by atoms with van der Waals surface area (Å²) in [6.45, 7) is 9.39. The zero-order valence-corrected chi connectivity index (χ0v) is 11.4. The number of benzene rings is 1. The molecule has 0 radical (unpaired) electrons. The number of hydrogen-bond acceptors (Lipinski definition) is 2. The van der Waals surface area contributed by atoms with Gasteiger partial charge in [0.2, 0.25) is 0 Å². The second kappa shape index (κ2) is 6.71. The lowest BCUT2D eigenvalue weighted by atomic mass is 10.1. The quantitative estimate of drug-likeness (QED) is 0.861. The Morgan fingerprint density at radius 3 is 2.56 bits per heavy atom. The average Bonchev–Trinajstić information content (AvgIpc) is 2.27. The van der Waals surface area contributed by atoms with Gasteiger partial charge in [0.05, 0.1) is 6.61 Å². The van der Waals surface area contributed by atoms with Crippen LogP contribution in [0, 0.1) is 0 Å². The SMILES string of the molecule is C=C(Br)CNC(C)c1ccc(OCC)cc1. The van der Waals surface area contributed by atoms with Gasteiger partial charge in [0.1, 0.15) is 5.75 Å². The summed E-state index contributed by atoms with van der Waals surface area (Å²) >= 11 is 3.33. The Bertz CT molecular complexity index is 334. The Morgan fingerprint density at radius 2 is 2.06 bits per heavy atom. The van der Waals surface area contributed by atoms with Crippen LogP contribution in [0.15, 0.2) is 35.3 Å². The monoisotopic (exact) mass is 283 g/mol. The molecule has 1 N–H and O–H groups in total. The number of rotatable bonds is 6. The molecule has 0 amide bonds. The normalized spacial score (nSPS) is 12.2. The fourth-order valence-corrected chi connectivity index (χ4v) is 1.56. The first kappa shape index (κ1) is 13.3. The van der Waals surface area contributed by atoms with Crippen molar-refractivity contribution in [3.63, 3.8) is 0 Å². The molecular weight excluding hydrogens is 266 g/mol. The summed E-state index contributed by atoms with van der Waals surface area (Å²) in [5.74, 6) is 0.920. The summed E-state index contributed by atoms with van der Waals surface area (Å²) in [4.78, 5) is 0. The summed E-state index contributed by atoms with van der Waals surface area (Å²) in [6.07, 6.45) is 0. The molecule has 0 bridgehead atoms. The Morgan fingerprint density at radius 1 is 1.44 bits per heavy atom. The van der Waals surface area contributed by atoms with Gasteiger partial charge in [-0.2, -0.15) is 0 Å². The van der Waals surface area contributed by atoms with E-state index in [9.17, 15) is 0 Å². The van der Waals surface area contributed by atoms with Crippen molar-refractivity contribution in [3.8, 4) is 5.75 Å². The van der Waals surface area contributed by atoms with Crippen LogP contribution in [0.5, 0.6) is 5.75 Å². The van der Waals surface area contributed by atoms with Crippen LogP contribution in [0.2, 0.25) is 0 Å². The minimum atomic E-state index is 0.310. The lowest BCUT2D eigenvalue weighted by molar-refractivity contribution is 0.340. The Balaban J connectivity index is 2.55. The van der Waals surface area contributed by atoms with Crippen molar-refractivity contribution in [2.24, 2.45) is 0 Å². The van der Waals surface area contributed by atoms with Crippen molar-refractivity contribution in [3.05, 3.63) is 40.9 Å². The van der Waals surface area contributed by atoms with E-state index in [4.69, 9.17) is 4.74 Å². The number of ether oxygens (including phenoxy) is 1. The molecule has 3 heteroatoms. The molecule has 16 heavy (non-hydrogen) atoms. The Labute approximate surface area is 106 Å². The van der Waals surface area contributed by atoms with Crippen molar-refractivity contribution in [2.75, 3.05) is 13.2 Å². The van der Waals surface area contributed by atoms with Gasteiger partial charge >= 0.3 is 0 Å². The van der Waals surface area contributed by atoms with Crippen molar-refractivity contribution in [2.45, 2.75) is 19.9 Å². The van der Waals surface area contributed by atoms with Crippen molar-refractivity contribution in [1.82, 2.24) is 5.32 Å². The summed E-state index contributed by atoms with van der Waals surface area (Å²) in [6, 6.07) is 8.48. The smallest absolute Gasteiger partial charge is 0.119 e. The highest BCUT2D eigenvalue weighted by atomic mass is 79.9. The molecule has 1 aromatic rings. The van der Waals surface area contributed by atoms with Crippen LogP contribution < -0.4 is 10.1 Å². The standard InChI is InChI=1S/C13H18BrNO/c1-4-16-13-7-5-12(6-8-13)11(3)15-9-10(2)14/h5-8,11,15H,2,4,9H2,1,3H3. The molecule has 0 heterocycles. The molecule has 0 saturated heterocycles. The van der Waals surface area contributed by atoms with Crippen molar-refractivity contribution >= 4 is 15.9 Å². The van der Waals surface area contributed by atoms with Crippen LogP contribution in [0.25, 0.3) is 0 Å². The van der Waals surface area contributed by atoms with Gasteiger partial charge < -0.3 is 10.1 Å².